The maximum Gasteiger partial charge on any atom is 0.264 e. The van der Waals surface area contributed by atoms with E-state index < -0.39 is 0 Å². The Morgan fingerprint density at radius 3 is 2.70 bits per heavy atom. The molecule has 5 heteroatoms. The van der Waals surface area contributed by atoms with E-state index in [4.69, 9.17) is 0 Å². The van der Waals surface area contributed by atoms with Crippen LogP contribution in [0.2, 0.25) is 0 Å². The van der Waals surface area contributed by atoms with Gasteiger partial charge in [-0.25, -0.2) is 9.67 Å². The summed E-state index contributed by atoms with van der Waals surface area (Å²) in [5, 5.41) is 4.96. The summed E-state index contributed by atoms with van der Waals surface area (Å²) in [6, 6.07) is 6.16. The molecule has 3 rings (SSSR count). The molecule has 120 valence electrons. The van der Waals surface area contributed by atoms with E-state index in [9.17, 15) is 4.79 Å². The number of aryl methyl sites for hydroxylation is 3. The maximum absolute atomic E-state index is 12.6. The fraction of sp³-hybridized carbons (Fsp3) is 0.389. The van der Waals surface area contributed by atoms with Crippen molar-refractivity contribution in [1.29, 1.82) is 0 Å². The van der Waals surface area contributed by atoms with Gasteiger partial charge < -0.3 is 0 Å². The molecule has 0 atom stereocenters. The summed E-state index contributed by atoms with van der Waals surface area (Å²) in [6.07, 6.45) is 4.21. The molecule has 23 heavy (non-hydrogen) atoms. The zero-order valence-corrected chi connectivity index (χ0v) is 14.1. The molecule has 2 heterocycles. The second kappa shape index (κ2) is 5.99. The summed E-state index contributed by atoms with van der Waals surface area (Å²) < 4.78 is 3.43. The summed E-state index contributed by atoms with van der Waals surface area (Å²) >= 11 is 0. The van der Waals surface area contributed by atoms with Crippen LogP contribution in [0.15, 0.2) is 35.5 Å². The lowest BCUT2D eigenvalue weighted by molar-refractivity contribution is 0.506. The van der Waals surface area contributed by atoms with Crippen molar-refractivity contribution in [3.63, 3.8) is 0 Å². The lowest BCUT2D eigenvalue weighted by Gasteiger charge is -2.09. The lowest BCUT2D eigenvalue weighted by Crippen LogP contribution is -2.21. The Balaban J connectivity index is 2.08. The Morgan fingerprint density at radius 1 is 1.22 bits per heavy atom. The maximum atomic E-state index is 12.6. The molecule has 5 nitrogen and oxygen atoms in total. The van der Waals surface area contributed by atoms with Crippen molar-refractivity contribution in [2.45, 2.75) is 40.7 Å². The molecule has 0 aliphatic heterocycles. The minimum absolute atomic E-state index is 0.0216. The predicted octanol–water partition coefficient (Wildman–Crippen LogP) is 3.25. The van der Waals surface area contributed by atoms with Gasteiger partial charge in [-0.3, -0.25) is 9.36 Å². The van der Waals surface area contributed by atoms with Gasteiger partial charge in [-0.05, 0) is 37.8 Å². The number of hydrogen-bond acceptors (Lipinski definition) is 3. The minimum atomic E-state index is -0.0216. The monoisotopic (exact) mass is 310 g/mol. The second-order valence-electron chi connectivity index (χ2n) is 6.51. The van der Waals surface area contributed by atoms with Gasteiger partial charge in [0.2, 0.25) is 0 Å². The zero-order valence-electron chi connectivity index (χ0n) is 14.1. The molecule has 0 amide bonds. The average molecular weight is 310 g/mol. The van der Waals surface area contributed by atoms with Crippen molar-refractivity contribution in [1.82, 2.24) is 19.3 Å². The molecular formula is C18H22N4O. The highest BCUT2D eigenvalue weighted by molar-refractivity contribution is 5.75. The molecule has 0 bridgehead atoms. The summed E-state index contributed by atoms with van der Waals surface area (Å²) in [6.45, 7) is 9.09. The van der Waals surface area contributed by atoms with Gasteiger partial charge in [-0.2, -0.15) is 5.10 Å². The molecule has 0 aliphatic rings. The molecule has 0 spiro atoms. The Labute approximate surface area is 135 Å². The van der Waals surface area contributed by atoms with Crippen LogP contribution in [-0.4, -0.2) is 19.3 Å². The largest absolute Gasteiger partial charge is 0.299 e. The molecule has 1 aromatic carbocycles. The first-order chi connectivity index (χ1) is 11.0. The van der Waals surface area contributed by atoms with Gasteiger partial charge in [-0.1, -0.05) is 31.5 Å². The lowest BCUT2D eigenvalue weighted by atomic mass is 10.1. The van der Waals surface area contributed by atoms with Crippen molar-refractivity contribution in [3.05, 3.63) is 52.2 Å². The fourth-order valence-electron chi connectivity index (χ4n) is 2.72. The average Bonchev–Trinajstić information content (AvgIpc) is 2.91. The number of rotatable bonds is 4. The van der Waals surface area contributed by atoms with Crippen LogP contribution in [0.4, 0.5) is 0 Å². The summed E-state index contributed by atoms with van der Waals surface area (Å²) in [5.41, 5.74) is 3.86. The Bertz CT molecular complexity index is 905. The van der Waals surface area contributed by atoms with E-state index in [-0.39, 0.29) is 5.56 Å². The molecule has 2 aromatic heterocycles. The Hall–Kier alpha value is -2.43. The van der Waals surface area contributed by atoms with Crippen LogP contribution in [-0.2, 0) is 6.54 Å². The van der Waals surface area contributed by atoms with Gasteiger partial charge in [-0.15, -0.1) is 0 Å². The third-order valence-electron chi connectivity index (χ3n) is 4.08. The van der Waals surface area contributed by atoms with Crippen molar-refractivity contribution in [3.8, 4) is 5.69 Å². The first-order valence-corrected chi connectivity index (χ1v) is 7.98. The smallest absolute Gasteiger partial charge is 0.264 e. The molecule has 0 fully saturated rings. The van der Waals surface area contributed by atoms with Crippen LogP contribution in [0.1, 0.15) is 31.4 Å². The third-order valence-corrected chi connectivity index (χ3v) is 4.08. The molecule has 0 saturated heterocycles. The van der Waals surface area contributed by atoms with Gasteiger partial charge in [0.25, 0.3) is 5.56 Å². The normalized spacial score (nSPS) is 11.5. The predicted molar refractivity (Wildman–Crippen MR) is 92.1 cm³/mol. The van der Waals surface area contributed by atoms with Gasteiger partial charge in [0, 0.05) is 6.54 Å². The number of fused-ring (bicyclic) bond motifs is 1. The van der Waals surface area contributed by atoms with E-state index in [1.807, 2.05) is 19.1 Å². The molecule has 0 N–H and O–H groups in total. The van der Waals surface area contributed by atoms with Gasteiger partial charge in [0.05, 0.1) is 18.2 Å². The highest BCUT2D eigenvalue weighted by atomic mass is 16.1. The molecule has 0 unspecified atom stereocenters. The minimum Gasteiger partial charge on any atom is -0.299 e. The standard InChI is InChI=1S/C18H22N4O/c1-12(2)7-8-21-11-19-17-15(18(21)23)10-20-22(17)16-6-5-13(3)9-14(16)4/h5-6,9-12H,7-8H2,1-4H3. The zero-order chi connectivity index (χ0) is 16.6. The van der Waals surface area contributed by atoms with Crippen molar-refractivity contribution in [2.24, 2.45) is 5.92 Å². The second-order valence-corrected chi connectivity index (χ2v) is 6.51. The molecule has 3 aromatic rings. The molecule has 0 saturated carbocycles. The van der Waals surface area contributed by atoms with Crippen molar-refractivity contribution >= 4 is 11.0 Å². The van der Waals surface area contributed by atoms with Crippen LogP contribution in [0.3, 0.4) is 0 Å². The van der Waals surface area contributed by atoms with Crippen molar-refractivity contribution < 1.29 is 0 Å². The SMILES string of the molecule is Cc1ccc(-n2ncc3c(=O)n(CCC(C)C)cnc32)c(C)c1. The van der Waals surface area contributed by atoms with Crippen molar-refractivity contribution in [2.75, 3.05) is 0 Å². The Kier molecular flexibility index (Phi) is 4.03. The van der Waals surface area contributed by atoms with Gasteiger partial charge in [0.1, 0.15) is 5.39 Å². The Morgan fingerprint density at radius 2 is 2.00 bits per heavy atom. The number of nitrogens with zero attached hydrogens (tertiary/aromatic N) is 4. The van der Waals surface area contributed by atoms with Gasteiger partial charge >= 0.3 is 0 Å². The molecular weight excluding hydrogens is 288 g/mol. The van der Waals surface area contributed by atoms with E-state index in [0.29, 0.717) is 23.5 Å². The van der Waals surface area contributed by atoms with Crippen LogP contribution in [0.5, 0.6) is 0 Å². The number of benzene rings is 1. The molecule has 0 radical (unpaired) electrons. The number of hydrogen-bond donors (Lipinski definition) is 0. The van der Waals surface area contributed by atoms with Gasteiger partial charge in [0.15, 0.2) is 5.65 Å². The highest BCUT2D eigenvalue weighted by Gasteiger charge is 2.13. The van der Waals surface area contributed by atoms with E-state index in [1.165, 1.54) is 5.56 Å². The number of aromatic nitrogens is 4. The third kappa shape index (κ3) is 2.91. The quantitative estimate of drug-likeness (QED) is 0.743. The van der Waals surface area contributed by atoms with Crippen LogP contribution < -0.4 is 5.56 Å². The summed E-state index contributed by atoms with van der Waals surface area (Å²) in [5.74, 6) is 0.551. The van der Waals surface area contributed by atoms with Crippen LogP contribution >= 0.6 is 0 Å². The van der Waals surface area contributed by atoms with E-state index >= 15 is 0 Å². The van der Waals surface area contributed by atoms with E-state index in [2.05, 4.69) is 36.9 Å². The van der Waals surface area contributed by atoms with E-state index in [0.717, 1.165) is 17.7 Å². The van der Waals surface area contributed by atoms with Crippen LogP contribution in [0.25, 0.3) is 16.7 Å². The molecule has 0 aliphatic carbocycles. The summed E-state index contributed by atoms with van der Waals surface area (Å²) in [7, 11) is 0. The highest BCUT2D eigenvalue weighted by Crippen LogP contribution is 2.18. The fourth-order valence-corrected chi connectivity index (χ4v) is 2.72. The first-order valence-electron chi connectivity index (χ1n) is 7.98. The summed E-state index contributed by atoms with van der Waals surface area (Å²) in [4.78, 5) is 17.1. The van der Waals surface area contributed by atoms with E-state index in [1.54, 1.807) is 21.8 Å². The first kappa shape index (κ1) is 15.5. The topological polar surface area (TPSA) is 52.7 Å². The van der Waals surface area contributed by atoms with Crippen LogP contribution in [0, 0.1) is 19.8 Å².